The number of carbonyl (C=O) groups excluding carboxylic acids is 2. The monoisotopic (exact) mass is 349 g/mol. The van der Waals surface area contributed by atoms with Gasteiger partial charge >= 0.3 is 5.97 Å². The molecule has 0 saturated heterocycles. The van der Waals surface area contributed by atoms with Gasteiger partial charge in [0.2, 0.25) is 5.76 Å². The number of esters is 1. The summed E-state index contributed by atoms with van der Waals surface area (Å²) in [6.45, 7) is 4.01. The largest absolute Gasteiger partial charge is 0.486 e. The third-order valence-corrected chi connectivity index (χ3v) is 3.26. The average molecular weight is 349 g/mol. The number of ether oxygens (including phenoxy) is 2. The van der Waals surface area contributed by atoms with Gasteiger partial charge in [-0.05, 0) is 49.7 Å². The van der Waals surface area contributed by atoms with Crippen molar-refractivity contribution >= 4 is 11.9 Å². The van der Waals surface area contributed by atoms with Gasteiger partial charge in [-0.25, -0.2) is 9.18 Å². The fourth-order valence-corrected chi connectivity index (χ4v) is 1.91. The Balaban J connectivity index is 1.86. The van der Waals surface area contributed by atoms with Crippen molar-refractivity contribution in [2.75, 3.05) is 6.54 Å². The van der Waals surface area contributed by atoms with Gasteiger partial charge in [0.05, 0.1) is 0 Å². The van der Waals surface area contributed by atoms with Crippen LogP contribution in [0.2, 0.25) is 0 Å². The maximum atomic E-state index is 12.8. The predicted molar refractivity (Wildman–Crippen MR) is 87.6 cm³/mol. The molecule has 6 nitrogen and oxygen atoms in total. The van der Waals surface area contributed by atoms with Crippen molar-refractivity contribution in [3.8, 4) is 5.75 Å². The molecule has 0 saturated carbocycles. The molecule has 1 heterocycles. The van der Waals surface area contributed by atoms with E-state index in [9.17, 15) is 14.0 Å². The van der Waals surface area contributed by atoms with E-state index in [0.29, 0.717) is 18.1 Å². The third-order valence-electron chi connectivity index (χ3n) is 3.26. The standard InChI is InChI=1S/C18H20FNO5/c1-3-10-20-17(21)12(2)24-18(22)16-9-8-15(25-16)11-23-14-6-4-13(19)5-7-14/h4-9,12H,3,10-11H2,1-2H3,(H,20,21). The van der Waals surface area contributed by atoms with Crippen molar-refractivity contribution in [2.24, 2.45) is 0 Å². The van der Waals surface area contributed by atoms with Crippen molar-refractivity contribution in [3.05, 3.63) is 53.7 Å². The van der Waals surface area contributed by atoms with E-state index >= 15 is 0 Å². The van der Waals surface area contributed by atoms with Crippen LogP contribution in [0.15, 0.2) is 40.8 Å². The molecule has 1 amide bonds. The summed E-state index contributed by atoms with van der Waals surface area (Å²) in [5.41, 5.74) is 0. The van der Waals surface area contributed by atoms with E-state index < -0.39 is 12.1 Å². The second-order valence-electron chi connectivity index (χ2n) is 5.35. The zero-order chi connectivity index (χ0) is 18.2. The molecule has 0 fully saturated rings. The van der Waals surface area contributed by atoms with E-state index in [1.807, 2.05) is 6.92 Å². The van der Waals surface area contributed by atoms with Gasteiger partial charge in [-0.3, -0.25) is 4.79 Å². The van der Waals surface area contributed by atoms with Gasteiger partial charge in [0.1, 0.15) is 23.9 Å². The Morgan fingerprint density at radius 1 is 1.20 bits per heavy atom. The Hall–Kier alpha value is -2.83. The highest BCUT2D eigenvalue weighted by Gasteiger charge is 2.20. The molecule has 0 aliphatic rings. The molecule has 0 aliphatic heterocycles. The van der Waals surface area contributed by atoms with Crippen LogP contribution in [0.4, 0.5) is 4.39 Å². The highest BCUT2D eigenvalue weighted by atomic mass is 19.1. The second-order valence-corrected chi connectivity index (χ2v) is 5.35. The zero-order valence-electron chi connectivity index (χ0n) is 14.1. The van der Waals surface area contributed by atoms with Gasteiger partial charge in [0.25, 0.3) is 5.91 Å². The van der Waals surface area contributed by atoms with Crippen molar-refractivity contribution in [1.29, 1.82) is 0 Å². The Bertz CT molecular complexity index is 711. The minimum absolute atomic E-state index is 0.0205. The van der Waals surface area contributed by atoms with E-state index in [-0.39, 0.29) is 24.1 Å². The number of rotatable bonds is 8. The molecule has 0 spiro atoms. The minimum Gasteiger partial charge on any atom is -0.486 e. The number of carbonyl (C=O) groups is 2. The van der Waals surface area contributed by atoms with Crippen molar-refractivity contribution in [1.82, 2.24) is 5.32 Å². The first kappa shape index (κ1) is 18.5. The van der Waals surface area contributed by atoms with Crippen molar-refractivity contribution < 1.29 is 27.9 Å². The van der Waals surface area contributed by atoms with Crippen molar-refractivity contribution in [2.45, 2.75) is 33.0 Å². The number of halogens is 1. The highest BCUT2D eigenvalue weighted by molar-refractivity contribution is 5.90. The quantitative estimate of drug-likeness (QED) is 0.741. The first-order chi connectivity index (χ1) is 12.0. The van der Waals surface area contributed by atoms with E-state index in [1.165, 1.54) is 37.3 Å². The second kappa shape index (κ2) is 8.86. The normalized spacial score (nSPS) is 11.6. The van der Waals surface area contributed by atoms with Gasteiger partial charge in [-0.15, -0.1) is 0 Å². The lowest BCUT2D eigenvalue weighted by molar-refractivity contribution is -0.129. The van der Waals surface area contributed by atoms with Crippen LogP contribution in [0.3, 0.4) is 0 Å². The van der Waals surface area contributed by atoms with Crippen LogP contribution in [0, 0.1) is 5.82 Å². The molecule has 1 aromatic carbocycles. The van der Waals surface area contributed by atoms with Crippen LogP contribution in [-0.4, -0.2) is 24.5 Å². The van der Waals surface area contributed by atoms with Crippen LogP contribution in [0.1, 0.15) is 36.6 Å². The molecule has 0 bridgehead atoms. The lowest BCUT2D eigenvalue weighted by atomic mass is 10.3. The first-order valence-corrected chi connectivity index (χ1v) is 7.95. The van der Waals surface area contributed by atoms with Crippen molar-refractivity contribution in [3.63, 3.8) is 0 Å². The Morgan fingerprint density at radius 2 is 1.92 bits per heavy atom. The molecule has 2 aromatic rings. The summed E-state index contributed by atoms with van der Waals surface area (Å²) < 4.78 is 28.6. The number of nitrogens with one attached hydrogen (secondary N) is 1. The summed E-state index contributed by atoms with van der Waals surface area (Å²) in [5, 5.41) is 2.64. The predicted octanol–water partition coefficient (Wildman–Crippen LogP) is 3.07. The van der Waals surface area contributed by atoms with E-state index in [0.717, 1.165) is 6.42 Å². The third kappa shape index (κ3) is 5.63. The molecule has 0 aliphatic carbocycles. The first-order valence-electron chi connectivity index (χ1n) is 7.95. The Kier molecular flexibility index (Phi) is 6.56. The van der Waals surface area contributed by atoms with E-state index in [4.69, 9.17) is 13.9 Å². The average Bonchev–Trinajstić information content (AvgIpc) is 3.08. The molecule has 1 N–H and O–H groups in total. The lowest BCUT2D eigenvalue weighted by Crippen LogP contribution is -2.36. The zero-order valence-corrected chi connectivity index (χ0v) is 14.1. The lowest BCUT2D eigenvalue weighted by Gasteiger charge is -2.12. The van der Waals surface area contributed by atoms with Crippen LogP contribution in [0.25, 0.3) is 0 Å². The minimum atomic E-state index is -0.914. The molecular formula is C18H20FNO5. The summed E-state index contributed by atoms with van der Waals surface area (Å²) in [7, 11) is 0. The molecule has 7 heteroatoms. The van der Waals surface area contributed by atoms with Gasteiger partial charge < -0.3 is 19.2 Å². The molecule has 134 valence electrons. The topological polar surface area (TPSA) is 77.8 Å². The molecule has 1 atom stereocenters. The Morgan fingerprint density at radius 3 is 2.60 bits per heavy atom. The molecule has 1 unspecified atom stereocenters. The number of benzene rings is 1. The van der Waals surface area contributed by atoms with Gasteiger partial charge in [0.15, 0.2) is 6.10 Å². The summed E-state index contributed by atoms with van der Waals surface area (Å²) >= 11 is 0. The smallest absolute Gasteiger partial charge is 0.375 e. The fourth-order valence-electron chi connectivity index (χ4n) is 1.91. The Labute approximate surface area is 144 Å². The molecule has 0 radical (unpaired) electrons. The molecule has 25 heavy (non-hydrogen) atoms. The highest BCUT2D eigenvalue weighted by Crippen LogP contribution is 2.16. The van der Waals surface area contributed by atoms with Gasteiger partial charge in [0, 0.05) is 6.54 Å². The maximum absolute atomic E-state index is 12.8. The number of hydrogen-bond donors (Lipinski definition) is 1. The number of amides is 1. The summed E-state index contributed by atoms with van der Waals surface area (Å²) in [4.78, 5) is 23.7. The molecule has 1 aromatic heterocycles. The maximum Gasteiger partial charge on any atom is 0.375 e. The number of furan rings is 1. The summed E-state index contributed by atoms with van der Waals surface area (Å²) in [6.07, 6.45) is -0.120. The molecule has 2 rings (SSSR count). The fraction of sp³-hybridized carbons (Fsp3) is 0.333. The van der Waals surface area contributed by atoms with Crippen LogP contribution in [-0.2, 0) is 16.1 Å². The van der Waals surface area contributed by atoms with Crippen LogP contribution >= 0.6 is 0 Å². The van der Waals surface area contributed by atoms with E-state index in [2.05, 4.69) is 5.32 Å². The SMILES string of the molecule is CCCNC(=O)C(C)OC(=O)c1ccc(COc2ccc(F)cc2)o1. The van der Waals surface area contributed by atoms with Gasteiger partial charge in [-0.1, -0.05) is 6.92 Å². The van der Waals surface area contributed by atoms with Crippen LogP contribution in [0.5, 0.6) is 5.75 Å². The number of hydrogen-bond acceptors (Lipinski definition) is 5. The summed E-state index contributed by atoms with van der Waals surface area (Å²) in [6, 6.07) is 8.56. The summed E-state index contributed by atoms with van der Waals surface area (Å²) in [5.74, 6) is -0.586. The molecular weight excluding hydrogens is 329 g/mol. The van der Waals surface area contributed by atoms with Crippen LogP contribution < -0.4 is 10.1 Å². The van der Waals surface area contributed by atoms with Gasteiger partial charge in [-0.2, -0.15) is 0 Å². The van der Waals surface area contributed by atoms with E-state index in [1.54, 1.807) is 6.07 Å².